The number of rotatable bonds is 4. The van der Waals surface area contributed by atoms with Gasteiger partial charge in [0, 0.05) is 17.0 Å². The maximum Gasteiger partial charge on any atom is 0.243 e. The van der Waals surface area contributed by atoms with Crippen molar-refractivity contribution < 1.29 is 12.8 Å². The quantitative estimate of drug-likeness (QED) is 0.832. The van der Waals surface area contributed by atoms with E-state index in [1.54, 1.807) is 6.92 Å². The van der Waals surface area contributed by atoms with Crippen LogP contribution in [-0.2, 0) is 10.0 Å². The molecular formula is C14H21FN2O2S2. The van der Waals surface area contributed by atoms with E-state index in [2.05, 4.69) is 11.0 Å². The number of nitrogens with two attached hydrogens (primary N) is 1. The van der Waals surface area contributed by atoms with Crippen molar-refractivity contribution in [3.05, 3.63) is 23.5 Å². The summed E-state index contributed by atoms with van der Waals surface area (Å²) in [5.41, 5.74) is 6.51. The number of halogens is 1. The first-order valence-corrected chi connectivity index (χ1v) is 9.71. The molecule has 1 aliphatic carbocycles. The highest BCUT2D eigenvalue weighted by atomic mass is 32.2. The van der Waals surface area contributed by atoms with Crippen LogP contribution >= 0.6 is 11.8 Å². The number of nitrogen functional groups attached to an aromatic ring is 1. The molecule has 4 nitrogen and oxygen atoms in total. The summed E-state index contributed by atoms with van der Waals surface area (Å²) in [6.07, 6.45) is 5.60. The molecule has 0 spiro atoms. The second-order valence-electron chi connectivity index (χ2n) is 5.47. The first-order valence-electron chi connectivity index (χ1n) is 6.94. The van der Waals surface area contributed by atoms with E-state index >= 15 is 0 Å². The maximum absolute atomic E-state index is 13.9. The topological polar surface area (TPSA) is 72.2 Å². The summed E-state index contributed by atoms with van der Waals surface area (Å²) in [7, 11) is -3.87. The molecule has 1 saturated carbocycles. The van der Waals surface area contributed by atoms with E-state index < -0.39 is 15.8 Å². The number of aryl methyl sites for hydroxylation is 1. The predicted octanol–water partition coefficient (Wildman–Crippen LogP) is 2.67. The molecule has 1 fully saturated rings. The van der Waals surface area contributed by atoms with Crippen molar-refractivity contribution in [1.29, 1.82) is 0 Å². The number of hydrogen-bond donors (Lipinski definition) is 2. The normalized spacial score (nSPS) is 23.2. The van der Waals surface area contributed by atoms with Gasteiger partial charge in [-0.1, -0.05) is 0 Å². The number of thioether (sulfide) groups is 1. The lowest BCUT2D eigenvalue weighted by Gasteiger charge is -2.27. The summed E-state index contributed by atoms with van der Waals surface area (Å²) >= 11 is 1.81. The molecule has 2 rings (SSSR count). The van der Waals surface area contributed by atoms with Crippen LogP contribution in [0.3, 0.4) is 0 Å². The molecule has 21 heavy (non-hydrogen) atoms. The Morgan fingerprint density at radius 1 is 1.29 bits per heavy atom. The van der Waals surface area contributed by atoms with Crippen LogP contribution in [-0.4, -0.2) is 26.0 Å². The molecular weight excluding hydrogens is 311 g/mol. The van der Waals surface area contributed by atoms with Crippen LogP contribution in [0.25, 0.3) is 0 Å². The lowest BCUT2D eigenvalue weighted by molar-refractivity contribution is 0.419. The van der Waals surface area contributed by atoms with Crippen LogP contribution in [0.15, 0.2) is 17.0 Å². The van der Waals surface area contributed by atoms with Gasteiger partial charge in [0.1, 0.15) is 10.7 Å². The largest absolute Gasteiger partial charge is 0.398 e. The standard InChI is InChI=1S/C14H21FN2O2S2/c1-9-7-12(15)14(8-13(9)16)21(18,19)17-10-3-5-11(20-2)6-4-10/h7-8,10-11,17H,3-6,16H2,1-2H3. The minimum absolute atomic E-state index is 0.125. The van der Waals surface area contributed by atoms with E-state index in [0.29, 0.717) is 10.8 Å². The van der Waals surface area contributed by atoms with Crippen LogP contribution in [0, 0.1) is 12.7 Å². The van der Waals surface area contributed by atoms with E-state index in [1.807, 2.05) is 11.8 Å². The van der Waals surface area contributed by atoms with Gasteiger partial charge in [-0.25, -0.2) is 17.5 Å². The lowest BCUT2D eigenvalue weighted by atomic mass is 9.96. The zero-order chi connectivity index (χ0) is 15.6. The minimum Gasteiger partial charge on any atom is -0.398 e. The van der Waals surface area contributed by atoms with Gasteiger partial charge in [0.2, 0.25) is 10.0 Å². The summed E-state index contributed by atoms with van der Waals surface area (Å²) in [6.45, 7) is 1.64. The van der Waals surface area contributed by atoms with Gasteiger partial charge in [-0.15, -0.1) is 0 Å². The monoisotopic (exact) mass is 332 g/mol. The van der Waals surface area contributed by atoms with Crippen molar-refractivity contribution in [2.45, 2.75) is 48.8 Å². The Balaban J connectivity index is 2.14. The number of nitrogens with one attached hydrogen (secondary N) is 1. The first-order chi connectivity index (χ1) is 9.83. The molecule has 118 valence electrons. The fourth-order valence-electron chi connectivity index (χ4n) is 2.57. The molecule has 0 heterocycles. The van der Waals surface area contributed by atoms with Crippen LogP contribution in [0.5, 0.6) is 0 Å². The van der Waals surface area contributed by atoms with Crippen LogP contribution in [0.2, 0.25) is 0 Å². The Morgan fingerprint density at radius 3 is 2.48 bits per heavy atom. The highest BCUT2D eigenvalue weighted by Crippen LogP contribution is 2.28. The van der Waals surface area contributed by atoms with E-state index in [0.717, 1.165) is 31.7 Å². The fourth-order valence-corrected chi connectivity index (χ4v) is 4.72. The van der Waals surface area contributed by atoms with Crippen molar-refractivity contribution in [3.63, 3.8) is 0 Å². The van der Waals surface area contributed by atoms with Crippen LogP contribution < -0.4 is 10.5 Å². The van der Waals surface area contributed by atoms with Gasteiger partial charge < -0.3 is 5.73 Å². The van der Waals surface area contributed by atoms with E-state index in [4.69, 9.17) is 5.73 Å². The number of sulfonamides is 1. The summed E-state index contributed by atoms with van der Waals surface area (Å²) < 4.78 is 41.2. The first kappa shape index (κ1) is 16.6. The third-order valence-corrected chi connectivity index (χ3v) is 6.61. The summed E-state index contributed by atoms with van der Waals surface area (Å²) in [5, 5.41) is 0.595. The molecule has 0 aromatic heterocycles. The average Bonchev–Trinajstić information content (AvgIpc) is 2.43. The number of benzene rings is 1. The molecule has 3 N–H and O–H groups in total. The van der Waals surface area contributed by atoms with Gasteiger partial charge in [-0.05, 0) is 56.6 Å². The third kappa shape index (κ3) is 3.90. The molecule has 0 aliphatic heterocycles. The Hall–Kier alpha value is -0.790. The molecule has 0 radical (unpaired) electrons. The summed E-state index contributed by atoms with van der Waals surface area (Å²) in [6, 6.07) is 2.23. The van der Waals surface area contributed by atoms with E-state index in [1.165, 1.54) is 6.07 Å². The van der Waals surface area contributed by atoms with Crippen molar-refractivity contribution >= 4 is 27.5 Å². The van der Waals surface area contributed by atoms with Crippen molar-refractivity contribution in [1.82, 2.24) is 4.72 Å². The van der Waals surface area contributed by atoms with Gasteiger partial charge in [0.15, 0.2) is 0 Å². The van der Waals surface area contributed by atoms with Gasteiger partial charge in [-0.3, -0.25) is 0 Å². The van der Waals surface area contributed by atoms with E-state index in [-0.39, 0.29) is 16.6 Å². The second kappa shape index (κ2) is 6.54. The smallest absolute Gasteiger partial charge is 0.243 e. The molecule has 0 amide bonds. The molecule has 0 atom stereocenters. The van der Waals surface area contributed by atoms with Gasteiger partial charge >= 0.3 is 0 Å². The van der Waals surface area contributed by atoms with E-state index in [9.17, 15) is 12.8 Å². The third-order valence-electron chi connectivity index (χ3n) is 3.94. The Morgan fingerprint density at radius 2 is 1.90 bits per heavy atom. The summed E-state index contributed by atoms with van der Waals surface area (Å²) in [4.78, 5) is -0.363. The predicted molar refractivity (Wildman–Crippen MR) is 85.4 cm³/mol. The van der Waals surface area contributed by atoms with Crippen molar-refractivity contribution in [3.8, 4) is 0 Å². The average molecular weight is 332 g/mol. The molecule has 0 saturated heterocycles. The Kier molecular flexibility index (Phi) is 5.16. The van der Waals surface area contributed by atoms with Gasteiger partial charge in [-0.2, -0.15) is 11.8 Å². The molecule has 1 aromatic carbocycles. The minimum atomic E-state index is -3.87. The number of hydrogen-bond acceptors (Lipinski definition) is 4. The van der Waals surface area contributed by atoms with Crippen LogP contribution in [0.1, 0.15) is 31.2 Å². The van der Waals surface area contributed by atoms with Crippen molar-refractivity contribution in [2.24, 2.45) is 0 Å². The zero-order valence-corrected chi connectivity index (χ0v) is 13.9. The van der Waals surface area contributed by atoms with Gasteiger partial charge in [0.25, 0.3) is 0 Å². The lowest BCUT2D eigenvalue weighted by Crippen LogP contribution is -2.38. The molecule has 1 aliphatic rings. The molecule has 0 unspecified atom stereocenters. The highest BCUT2D eigenvalue weighted by Gasteiger charge is 2.27. The highest BCUT2D eigenvalue weighted by molar-refractivity contribution is 7.99. The molecule has 1 aromatic rings. The number of anilines is 1. The molecule has 7 heteroatoms. The summed E-state index contributed by atoms with van der Waals surface area (Å²) in [5.74, 6) is -0.757. The molecule has 0 bridgehead atoms. The van der Waals surface area contributed by atoms with Gasteiger partial charge in [0.05, 0.1) is 0 Å². The van der Waals surface area contributed by atoms with Crippen LogP contribution in [0.4, 0.5) is 10.1 Å². The maximum atomic E-state index is 13.9. The fraction of sp³-hybridized carbons (Fsp3) is 0.571. The zero-order valence-electron chi connectivity index (χ0n) is 12.2. The van der Waals surface area contributed by atoms with Crippen molar-refractivity contribution in [2.75, 3.05) is 12.0 Å². The second-order valence-corrected chi connectivity index (χ2v) is 8.29. The Bertz CT molecular complexity index is 612. The Labute approximate surface area is 129 Å². The SMILES string of the molecule is CSC1CCC(NS(=O)(=O)c2cc(N)c(C)cc2F)CC1.